The van der Waals surface area contributed by atoms with E-state index in [4.69, 9.17) is 26.8 Å². The van der Waals surface area contributed by atoms with Crippen molar-refractivity contribution in [1.82, 2.24) is 0 Å². The SMILES string of the molecule is CCOC(=O)c1c(NC(=O)[C@H](C)Oc2cccc(Cl)c2)sc(C(N)=O)c1C. The van der Waals surface area contributed by atoms with Crippen LogP contribution in [0.4, 0.5) is 5.00 Å². The first kappa shape index (κ1) is 20.7. The lowest BCUT2D eigenvalue weighted by Gasteiger charge is -2.15. The second-order valence-electron chi connectivity index (χ2n) is 5.55. The number of hydrogen-bond donors (Lipinski definition) is 2. The smallest absolute Gasteiger partial charge is 0.341 e. The number of primary amides is 1. The van der Waals surface area contributed by atoms with Gasteiger partial charge in [0, 0.05) is 5.02 Å². The largest absolute Gasteiger partial charge is 0.481 e. The van der Waals surface area contributed by atoms with E-state index in [-0.39, 0.29) is 22.0 Å². The van der Waals surface area contributed by atoms with Gasteiger partial charge in [-0.1, -0.05) is 17.7 Å². The highest BCUT2D eigenvalue weighted by molar-refractivity contribution is 7.18. The monoisotopic (exact) mass is 410 g/mol. The van der Waals surface area contributed by atoms with Gasteiger partial charge in [0.15, 0.2) is 6.10 Å². The quantitative estimate of drug-likeness (QED) is 0.680. The van der Waals surface area contributed by atoms with Gasteiger partial charge in [0.05, 0.1) is 17.0 Å². The highest BCUT2D eigenvalue weighted by Gasteiger charge is 2.27. The molecule has 1 atom stereocenters. The molecule has 1 aromatic carbocycles. The molecule has 0 radical (unpaired) electrons. The summed E-state index contributed by atoms with van der Waals surface area (Å²) in [4.78, 5) is 36.5. The van der Waals surface area contributed by atoms with Crippen LogP contribution in [-0.4, -0.2) is 30.5 Å². The highest BCUT2D eigenvalue weighted by Crippen LogP contribution is 2.33. The van der Waals surface area contributed by atoms with Crippen LogP contribution >= 0.6 is 22.9 Å². The molecule has 2 amide bonds. The molecule has 0 aliphatic carbocycles. The molecular weight excluding hydrogens is 392 g/mol. The number of nitrogens with two attached hydrogens (primary N) is 1. The molecule has 0 aliphatic heterocycles. The van der Waals surface area contributed by atoms with E-state index in [1.807, 2.05) is 0 Å². The summed E-state index contributed by atoms with van der Waals surface area (Å²) < 4.78 is 10.6. The third-order valence-corrected chi connectivity index (χ3v) is 5.02. The molecule has 3 N–H and O–H groups in total. The lowest BCUT2D eigenvalue weighted by molar-refractivity contribution is -0.122. The van der Waals surface area contributed by atoms with Crippen LogP contribution in [0.15, 0.2) is 24.3 Å². The summed E-state index contributed by atoms with van der Waals surface area (Å²) in [5.74, 6) is -1.40. The van der Waals surface area contributed by atoms with Gasteiger partial charge in [-0.2, -0.15) is 0 Å². The summed E-state index contributed by atoms with van der Waals surface area (Å²) in [6.07, 6.45) is -0.877. The van der Waals surface area contributed by atoms with E-state index in [0.29, 0.717) is 16.3 Å². The number of anilines is 1. The number of nitrogens with one attached hydrogen (secondary N) is 1. The van der Waals surface area contributed by atoms with Gasteiger partial charge in [0.1, 0.15) is 10.8 Å². The van der Waals surface area contributed by atoms with Crippen molar-refractivity contribution < 1.29 is 23.9 Å². The number of esters is 1. The minimum Gasteiger partial charge on any atom is -0.481 e. The van der Waals surface area contributed by atoms with E-state index in [9.17, 15) is 14.4 Å². The first-order valence-electron chi connectivity index (χ1n) is 8.08. The minimum absolute atomic E-state index is 0.110. The molecule has 9 heteroatoms. The zero-order chi connectivity index (χ0) is 20.1. The van der Waals surface area contributed by atoms with Crippen LogP contribution < -0.4 is 15.8 Å². The zero-order valence-corrected chi connectivity index (χ0v) is 16.6. The van der Waals surface area contributed by atoms with Crippen molar-refractivity contribution in [1.29, 1.82) is 0 Å². The van der Waals surface area contributed by atoms with Crippen LogP contribution in [0.3, 0.4) is 0 Å². The second kappa shape index (κ2) is 8.88. The van der Waals surface area contributed by atoms with E-state index in [2.05, 4.69) is 5.32 Å². The Bertz CT molecular complexity index is 881. The normalized spacial score (nSPS) is 11.6. The average Bonchev–Trinajstić information content (AvgIpc) is 2.91. The van der Waals surface area contributed by atoms with Crippen molar-refractivity contribution in [2.24, 2.45) is 5.73 Å². The van der Waals surface area contributed by atoms with E-state index in [1.54, 1.807) is 45.0 Å². The molecule has 0 fully saturated rings. The van der Waals surface area contributed by atoms with Crippen molar-refractivity contribution in [3.8, 4) is 5.75 Å². The van der Waals surface area contributed by atoms with Crippen LogP contribution in [0, 0.1) is 6.92 Å². The third kappa shape index (κ3) is 4.99. The number of halogens is 1. The topological polar surface area (TPSA) is 108 Å². The molecule has 0 saturated carbocycles. The molecule has 0 aliphatic rings. The Morgan fingerprint density at radius 1 is 1.33 bits per heavy atom. The fourth-order valence-electron chi connectivity index (χ4n) is 2.30. The van der Waals surface area contributed by atoms with E-state index < -0.39 is 23.9 Å². The van der Waals surface area contributed by atoms with Gasteiger partial charge in [-0.05, 0) is 44.5 Å². The lowest BCUT2D eigenvalue weighted by Crippen LogP contribution is -2.30. The van der Waals surface area contributed by atoms with E-state index in [1.165, 1.54) is 0 Å². The molecule has 0 bridgehead atoms. The molecule has 0 saturated heterocycles. The summed E-state index contributed by atoms with van der Waals surface area (Å²) in [7, 11) is 0. The summed E-state index contributed by atoms with van der Waals surface area (Å²) in [5, 5.41) is 3.28. The summed E-state index contributed by atoms with van der Waals surface area (Å²) >= 11 is 6.82. The molecule has 0 unspecified atom stereocenters. The molecule has 7 nitrogen and oxygen atoms in total. The Balaban J connectivity index is 2.24. The first-order chi connectivity index (χ1) is 12.7. The maximum absolute atomic E-state index is 12.5. The number of carbonyl (C=O) groups excluding carboxylic acids is 3. The van der Waals surface area contributed by atoms with E-state index >= 15 is 0 Å². The molecule has 144 valence electrons. The maximum Gasteiger partial charge on any atom is 0.341 e. The Labute approximate surface area is 165 Å². The second-order valence-corrected chi connectivity index (χ2v) is 7.01. The van der Waals surface area contributed by atoms with Crippen LogP contribution in [-0.2, 0) is 9.53 Å². The minimum atomic E-state index is -0.877. The van der Waals surface area contributed by atoms with Crippen molar-refractivity contribution in [2.45, 2.75) is 26.9 Å². The maximum atomic E-state index is 12.5. The summed E-state index contributed by atoms with van der Waals surface area (Å²) in [5.41, 5.74) is 5.82. The van der Waals surface area contributed by atoms with Crippen LogP contribution in [0.2, 0.25) is 5.02 Å². The fraction of sp³-hybridized carbons (Fsp3) is 0.278. The number of amides is 2. The molecule has 2 rings (SSSR count). The van der Waals surface area contributed by atoms with Crippen LogP contribution in [0.5, 0.6) is 5.75 Å². The van der Waals surface area contributed by atoms with Crippen molar-refractivity contribution in [3.63, 3.8) is 0 Å². The molecule has 0 spiro atoms. The number of thiophene rings is 1. The van der Waals surface area contributed by atoms with Gasteiger partial charge in [-0.3, -0.25) is 9.59 Å². The Morgan fingerprint density at radius 2 is 2.04 bits per heavy atom. The van der Waals surface area contributed by atoms with Crippen molar-refractivity contribution in [3.05, 3.63) is 45.3 Å². The Kier molecular flexibility index (Phi) is 6.81. The molecule has 27 heavy (non-hydrogen) atoms. The Morgan fingerprint density at radius 3 is 2.63 bits per heavy atom. The average molecular weight is 411 g/mol. The summed E-state index contributed by atoms with van der Waals surface area (Å²) in [6.45, 7) is 4.94. The predicted molar refractivity (Wildman–Crippen MR) is 104 cm³/mol. The zero-order valence-electron chi connectivity index (χ0n) is 15.0. The van der Waals surface area contributed by atoms with Gasteiger partial charge < -0.3 is 20.5 Å². The molecule has 1 aromatic heterocycles. The predicted octanol–water partition coefficient (Wildman–Crippen LogP) is 3.39. The van der Waals surface area contributed by atoms with Gasteiger partial charge in [-0.25, -0.2) is 4.79 Å². The fourth-order valence-corrected chi connectivity index (χ4v) is 3.53. The molecular formula is C18H19ClN2O5S. The standard InChI is InChI=1S/C18H19ClN2O5S/c1-4-25-18(24)13-9(2)14(15(20)22)27-17(13)21-16(23)10(3)26-12-7-5-6-11(19)8-12/h5-8,10H,4H2,1-3H3,(H2,20,22)(H,21,23)/t10-/m0/s1. The number of hydrogen-bond acceptors (Lipinski definition) is 6. The van der Waals surface area contributed by atoms with Crippen LogP contribution in [0.25, 0.3) is 0 Å². The molecule has 1 heterocycles. The van der Waals surface area contributed by atoms with Crippen molar-refractivity contribution >= 4 is 45.7 Å². The number of benzene rings is 1. The summed E-state index contributed by atoms with van der Waals surface area (Å²) in [6, 6.07) is 6.63. The van der Waals surface area contributed by atoms with Gasteiger partial charge >= 0.3 is 5.97 Å². The number of carbonyl (C=O) groups is 3. The number of ether oxygens (including phenoxy) is 2. The molecule has 2 aromatic rings. The number of rotatable bonds is 7. The first-order valence-corrected chi connectivity index (χ1v) is 9.27. The van der Waals surface area contributed by atoms with Crippen LogP contribution in [0.1, 0.15) is 39.4 Å². The van der Waals surface area contributed by atoms with Gasteiger partial charge in [-0.15, -0.1) is 11.3 Å². The van der Waals surface area contributed by atoms with Gasteiger partial charge in [0.25, 0.3) is 11.8 Å². The van der Waals surface area contributed by atoms with Gasteiger partial charge in [0.2, 0.25) is 0 Å². The lowest BCUT2D eigenvalue weighted by atomic mass is 10.1. The Hall–Kier alpha value is -2.58. The highest BCUT2D eigenvalue weighted by atomic mass is 35.5. The van der Waals surface area contributed by atoms with Crippen molar-refractivity contribution in [2.75, 3.05) is 11.9 Å². The third-order valence-electron chi connectivity index (χ3n) is 3.57. The van der Waals surface area contributed by atoms with E-state index in [0.717, 1.165) is 11.3 Å².